The average Bonchev–Trinajstić information content (AvgIpc) is 3.25. The van der Waals surface area contributed by atoms with Gasteiger partial charge in [-0.05, 0) is 42.8 Å². The van der Waals surface area contributed by atoms with E-state index in [2.05, 4.69) is 30.1 Å². The molecular weight excluding hydrogens is 336 g/mol. The Kier molecular flexibility index (Phi) is 4.21. The van der Waals surface area contributed by atoms with Gasteiger partial charge in [0, 0.05) is 17.1 Å². The molecule has 1 aromatic carbocycles. The summed E-state index contributed by atoms with van der Waals surface area (Å²) in [5.74, 6) is 0.137. The second kappa shape index (κ2) is 6.49. The van der Waals surface area contributed by atoms with Gasteiger partial charge in [0.1, 0.15) is 5.01 Å². The number of hydrogen-bond donors (Lipinski definition) is 0. The van der Waals surface area contributed by atoms with Crippen LogP contribution >= 0.6 is 22.7 Å². The Balaban J connectivity index is 1.56. The maximum atomic E-state index is 12.9. The van der Waals surface area contributed by atoms with Crippen molar-refractivity contribution in [1.82, 2.24) is 4.98 Å². The zero-order valence-electron chi connectivity index (χ0n) is 13.4. The third kappa shape index (κ3) is 2.89. The van der Waals surface area contributed by atoms with E-state index in [4.69, 9.17) is 0 Å². The molecule has 0 radical (unpaired) electrons. The van der Waals surface area contributed by atoms with Gasteiger partial charge in [-0.15, -0.1) is 22.7 Å². The summed E-state index contributed by atoms with van der Waals surface area (Å²) in [6, 6.07) is 12.6. The molecule has 1 aliphatic rings. The Morgan fingerprint density at radius 3 is 2.96 bits per heavy atom. The molecule has 0 bridgehead atoms. The number of amides is 1. The van der Waals surface area contributed by atoms with Crippen LogP contribution in [0.4, 0.5) is 5.69 Å². The van der Waals surface area contributed by atoms with E-state index in [1.807, 2.05) is 33.9 Å². The van der Waals surface area contributed by atoms with Gasteiger partial charge in [0.15, 0.2) is 0 Å². The molecule has 1 unspecified atom stereocenters. The van der Waals surface area contributed by atoms with Crippen LogP contribution in [0.1, 0.15) is 24.6 Å². The van der Waals surface area contributed by atoms with Gasteiger partial charge >= 0.3 is 0 Å². The van der Waals surface area contributed by atoms with Crippen molar-refractivity contribution in [3.8, 4) is 9.88 Å². The Hall–Kier alpha value is -1.98. The summed E-state index contributed by atoms with van der Waals surface area (Å²) in [6.45, 7) is 2.13. The Bertz CT molecular complexity index is 854. The largest absolute Gasteiger partial charge is 0.309 e. The molecule has 1 amide bonds. The van der Waals surface area contributed by atoms with Crippen molar-refractivity contribution in [2.75, 3.05) is 4.90 Å². The number of aryl methyl sites for hydroxylation is 1. The second-order valence-corrected chi connectivity index (χ2v) is 7.88. The van der Waals surface area contributed by atoms with Crippen molar-refractivity contribution >= 4 is 34.3 Å². The summed E-state index contributed by atoms with van der Waals surface area (Å²) in [5.41, 5.74) is 3.19. The quantitative estimate of drug-likeness (QED) is 0.678. The summed E-state index contributed by atoms with van der Waals surface area (Å²) >= 11 is 3.29. The number of nitrogens with zero attached hydrogens (tertiary/aromatic N) is 2. The molecule has 3 nitrogen and oxygen atoms in total. The van der Waals surface area contributed by atoms with Crippen LogP contribution in [-0.4, -0.2) is 16.9 Å². The smallest absolute Gasteiger partial charge is 0.233 e. The van der Waals surface area contributed by atoms with E-state index in [9.17, 15) is 4.79 Å². The topological polar surface area (TPSA) is 33.2 Å². The van der Waals surface area contributed by atoms with Crippen molar-refractivity contribution in [3.63, 3.8) is 0 Å². The lowest BCUT2D eigenvalue weighted by Crippen LogP contribution is -2.43. The molecule has 0 aliphatic carbocycles. The number of anilines is 1. The fourth-order valence-corrected chi connectivity index (χ4v) is 4.84. The van der Waals surface area contributed by atoms with Crippen LogP contribution in [-0.2, 0) is 17.6 Å². The first kappa shape index (κ1) is 15.5. The van der Waals surface area contributed by atoms with Crippen LogP contribution < -0.4 is 4.90 Å². The summed E-state index contributed by atoms with van der Waals surface area (Å²) in [5, 5.41) is 5.06. The first-order valence-electron chi connectivity index (χ1n) is 8.10. The van der Waals surface area contributed by atoms with Crippen LogP contribution in [0, 0.1) is 0 Å². The number of aromatic nitrogens is 1. The molecule has 0 saturated heterocycles. The number of para-hydroxylation sites is 1. The van der Waals surface area contributed by atoms with Gasteiger partial charge in [0.25, 0.3) is 0 Å². The highest BCUT2D eigenvalue weighted by Crippen LogP contribution is 2.32. The highest BCUT2D eigenvalue weighted by molar-refractivity contribution is 7.20. The first-order valence-corrected chi connectivity index (χ1v) is 9.86. The number of carbonyl (C=O) groups excluding carboxylic acids is 1. The van der Waals surface area contributed by atoms with Crippen molar-refractivity contribution in [2.24, 2.45) is 0 Å². The van der Waals surface area contributed by atoms with Crippen LogP contribution in [0.15, 0.2) is 47.2 Å². The molecule has 0 saturated carbocycles. The van der Waals surface area contributed by atoms with E-state index in [-0.39, 0.29) is 11.9 Å². The minimum Gasteiger partial charge on any atom is -0.309 e. The van der Waals surface area contributed by atoms with Crippen LogP contribution in [0.3, 0.4) is 0 Å². The van der Waals surface area contributed by atoms with Crippen molar-refractivity contribution < 1.29 is 4.79 Å². The minimum absolute atomic E-state index is 0.137. The number of hydrogen-bond acceptors (Lipinski definition) is 4. The first-order chi connectivity index (χ1) is 11.7. The molecule has 24 heavy (non-hydrogen) atoms. The molecule has 122 valence electrons. The molecule has 0 N–H and O–H groups in total. The maximum Gasteiger partial charge on any atom is 0.233 e. The van der Waals surface area contributed by atoms with Gasteiger partial charge in [0.2, 0.25) is 5.91 Å². The normalized spacial score (nSPS) is 16.9. The second-order valence-electron chi connectivity index (χ2n) is 6.08. The average molecular weight is 354 g/mol. The summed E-state index contributed by atoms with van der Waals surface area (Å²) in [4.78, 5) is 20.7. The molecule has 1 aliphatic heterocycles. The molecule has 4 rings (SSSR count). The number of rotatable bonds is 3. The van der Waals surface area contributed by atoms with Crippen molar-refractivity contribution in [2.45, 2.75) is 32.2 Å². The minimum atomic E-state index is 0.137. The molecular formula is C19H18N2OS2. The summed E-state index contributed by atoms with van der Waals surface area (Å²) in [7, 11) is 0. The lowest BCUT2D eigenvalue weighted by atomic mass is 9.96. The number of fused-ring (bicyclic) bond motifs is 1. The van der Waals surface area contributed by atoms with E-state index in [0.717, 1.165) is 34.1 Å². The molecule has 3 heterocycles. The molecule has 1 atom stereocenters. The Morgan fingerprint density at radius 1 is 1.25 bits per heavy atom. The molecule has 3 aromatic rings. The summed E-state index contributed by atoms with van der Waals surface area (Å²) < 4.78 is 0. The fraction of sp³-hybridized carbons (Fsp3) is 0.263. The fourth-order valence-electron chi connectivity index (χ4n) is 3.21. The number of carbonyl (C=O) groups is 1. The maximum absolute atomic E-state index is 12.9. The predicted octanol–water partition coefficient (Wildman–Crippen LogP) is 4.78. The van der Waals surface area contributed by atoms with Gasteiger partial charge in [-0.2, -0.15) is 0 Å². The SMILES string of the molecule is CC1CCc2ccccc2N1C(=O)Cc1csc(-c2cccs2)n1. The van der Waals surface area contributed by atoms with Gasteiger partial charge < -0.3 is 4.90 Å². The Labute approximate surface area is 149 Å². The molecule has 0 spiro atoms. The van der Waals surface area contributed by atoms with Gasteiger partial charge in [-0.25, -0.2) is 4.98 Å². The Morgan fingerprint density at radius 2 is 2.12 bits per heavy atom. The standard InChI is InChI=1S/C19H18N2OS2/c1-13-8-9-14-5-2-3-6-16(14)21(13)18(22)11-15-12-24-19(20-15)17-7-4-10-23-17/h2-7,10,12-13H,8-9,11H2,1H3. The molecule has 0 fully saturated rings. The highest BCUT2D eigenvalue weighted by Gasteiger charge is 2.28. The van der Waals surface area contributed by atoms with E-state index in [0.29, 0.717) is 6.42 Å². The monoisotopic (exact) mass is 354 g/mol. The van der Waals surface area contributed by atoms with E-state index < -0.39 is 0 Å². The van der Waals surface area contributed by atoms with Gasteiger partial charge in [0.05, 0.1) is 17.0 Å². The molecule has 5 heteroatoms. The lowest BCUT2D eigenvalue weighted by Gasteiger charge is -2.35. The van der Waals surface area contributed by atoms with E-state index in [1.165, 1.54) is 5.56 Å². The van der Waals surface area contributed by atoms with E-state index in [1.54, 1.807) is 22.7 Å². The van der Waals surface area contributed by atoms with Crippen LogP contribution in [0.5, 0.6) is 0 Å². The van der Waals surface area contributed by atoms with Gasteiger partial charge in [-0.3, -0.25) is 4.79 Å². The summed E-state index contributed by atoms with van der Waals surface area (Å²) in [6.07, 6.45) is 2.42. The zero-order chi connectivity index (χ0) is 16.5. The van der Waals surface area contributed by atoms with E-state index >= 15 is 0 Å². The van der Waals surface area contributed by atoms with Crippen molar-refractivity contribution in [3.05, 3.63) is 58.4 Å². The highest BCUT2D eigenvalue weighted by atomic mass is 32.1. The van der Waals surface area contributed by atoms with Crippen LogP contribution in [0.2, 0.25) is 0 Å². The number of thiazole rings is 1. The number of thiophene rings is 1. The zero-order valence-corrected chi connectivity index (χ0v) is 15.1. The third-order valence-corrected chi connectivity index (χ3v) is 6.34. The van der Waals surface area contributed by atoms with Crippen LogP contribution in [0.25, 0.3) is 9.88 Å². The van der Waals surface area contributed by atoms with Crippen molar-refractivity contribution in [1.29, 1.82) is 0 Å². The third-order valence-electron chi connectivity index (χ3n) is 4.41. The molecule has 2 aromatic heterocycles. The number of benzene rings is 1. The lowest BCUT2D eigenvalue weighted by molar-refractivity contribution is -0.118. The predicted molar refractivity (Wildman–Crippen MR) is 101 cm³/mol. The van der Waals surface area contributed by atoms with Gasteiger partial charge in [-0.1, -0.05) is 24.3 Å².